The van der Waals surface area contributed by atoms with E-state index in [1.807, 2.05) is 61.5 Å². The van der Waals surface area contributed by atoms with E-state index in [0.29, 0.717) is 18.7 Å². The van der Waals surface area contributed by atoms with Crippen molar-refractivity contribution < 1.29 is 14.3 Å². The van der Waals surface area contributed by atoms with E-state index in [-0.39, 0.29) is 11.9 Å². The Morgan fingerprint density at radius 3 is 2.61 bits per heavy atom. The maximum Gasteiger partial charge on any atom is 0.251 e. The molecule has 6 nitrogen and oxygen atoms in total. The molecule has 0 saturated heterocycles. The van der Waals surface area contributed by atoms with Gasteiger partial charge in [0.05, 0.1) is 30.8 Å². The van der Waals surface area contributed by atoms with Gasteiger partial charge in [0.2, 0.25) is 0 Å². The van der Waals surface area contributed by atoms with Crippen LogP contribution >= 0.6 is 15.9 Å². The second kappa shape index (κ2) is 10.5. The summed E-state index contributed by atoms with van der Waals surface area (Å²) < 4.78 is 14.3. The molecule has 0 fully saturated rings. The Bertz CT molecular complexity index is 1250. The fourth-order valence-electron chi connectivity index (χ4n) is 3.78. The van der Waals surface area contributed by atoms with Crippen LogP contribution in [0.5, 0.6) is 11.5 Å². The summed E-state index contributed by atoms with van der Waals surface area (Å²) in [4.78, 5) is 17.6. The molecule has 0 aliphatic heterocycles. The molecule has 0 radical (unpaired) electrons. The summed E-state index contributed by atoms with van der Waals surface area (Å²) in [6.07, 6.45) is 0.775. The minimum Gasteiger partial charge on any atom is -0.493 e. The van der Waals surface area contributed by atoms with Crippen molar-refractivity contribution in [2.24, 2.45) is 0 Å². The Morgan fingerprint density at radius 1 is 1.06 bits per heavy atom. The summed E-state index contributed by atoms with van der Waals surface area (Å²) >= 11 is 3.42. The molecule has 33 heavy (non-hydrogen) atoms. The van der Waals surface area contributed by atoms with E-state index in [2.05, 4.69) is 31.9 Å². The van der Waals surface area contributed by atoms with Gasteiger partial charge in [-0.2, -0.15) is 0 Å². The van der Waals surface area contributed by atoms with Crippen molar-refractivity contribution in [3.05, 3.63) is 88.7 Å². The SMILES string of the molecule is COc1ccccc1OCCCn1c(C(C)NC(=O)c2cccc(Br)c2)nc2ccccc21. The van der Waals surface area contributed by atoms with Gasteiger partial charge in [-0.15, -0.1) is 0 Å². The van der Waals surface area contributed by atoms with Crippen molar-refractivity contribution in [3.8, 4) is 11.5 Å². The van der Waals surface area contributed by atoms with Crippen LogP contribution in [0.3, 0.4) is 0 Å². The van der Waals surface area contributed by atoms with Crippen LogP contribution in [0.2, 0.25) is 0 Å². The average Bonchev–Trinajstić information content (AvgIpc) is 3.21. The first-order chi connectivity index (χ1) is 16.1. The zero-order valence-electron chi connectivity index (χ0n) is 18.6. The molecule has 0 bridgehead atoms. The van der Waals surface area contributed by atoms with Crippen molar-refractivity contribution in [3.63, 3.8) is 0 Å². The summed E-state index contributed by atoms with van der Waals surface area (Å²) in [6.45, 7) is 3.20. The largest absolute Gasteiger partial charge is 0.493 e. The number of para-hydroxylation sites is 4. The number of halogens is 1. The maximum atomic E-state index is 12.8. The molecule has 0 spiro atoms. The first-order valence-electron chi connectivity index (χ1n) is 10.8. The quantitative estimate of drug-likeness (QED) is 0.292. The molecule has 0 aliphatic carbocycles. The molecule has 0 saturated carbocycles. The Balaban J connectivity index is 1.48. The lowest BCUT2D eigenvalue weighted by Gasteiger charge is -2.17. The van der Waals surface area contributed by atoms with Crippen LogP contribution in [-0.2, 0) is 6.54 Å². The first kappa shape index (κ1) is 22.9. The van der Waals surface area contributed by atoms with Gasteiger partial charge >= 0.3 is 0 Å². The zero-order chi connectivity index (χ0) is 23.2. The molecule has 0 aliphatic rings. The Morgan fingerprint density at radius 2 is 1.82 bits per heavy atom. The summed E-state index contributed by atoms with van der Waals surface area (Å²) in [5.74, 6) is 2.12. The van der Waals surface area contributed by atoms with Gasteiger partial charge in [-0.1, -0.05) is 46.3 Å². The van der Waals surface area contributed by atoms with Crippen LogP contribution in [-0.4, -0.2) is 29.2 Å². The van der Waals surface area contributed by atoms with Crippen LogP contribution in [0.4, 0.5) is 0 Å². The van der Waals surface area contributed by atoms with E-state index < -0.39 is 0 Å². The highest BCUT2D eigenvalue weighted by Gasteiger charge is 2.19. The number of nitrogens with one attached hydrogen (secondary N) is 1. The molecular formula is C26H26BrN3O3. The third kappa shape index (κ3) is 5.37. The number of aryl methyl sites for hydroxylation is 1. The summed E-state index contributed by atoms with van der Waals surface area (Å²) in [5, 5.41) is 3.08. The van der Waals surface area contributed by atoms with E-state index in [4.69, 9.17) is 14.5 Å². The van der Waals surface area contributed by atoms with Crippen molar-refractivity contribution in [2.45, 2.75) is 25.9 Å². The fraction of sp³-hybridized carbons (Fsp3) is 0.231. The molecular weight excluding hydrogens is 482 g/mol. The number of nitrogens with zero attached hydrogens (tertiary/aromatic N) is 2. The van der Waals surface area contributed by atoms with Crippen molar-refractivity contribution >= 4 is 32.9 Å². The van der Waals surface area contributed by atoms with Crippen LogP contribution in [0.25, 0.3) is 11.0 Å². The minimum atomic E-state index is -0.265. The van der Waals surface area contributed by atoms with Gasteiger partial charge in [0.15, 0.2) is 11.5 Å². The van der Waals surface area contributed by atoms with Crippen molar-refractivity contribution in [1.82, 2.24) is 14.9 Å². The third-order valence-corrected chi connectivity index (χ3v) is 5.85. The summed E-state index contributed by atoms with van der Waals surface area (Å²) in [7, 11) is 1.63. The highest BCUT2D eigenvalue weighted by atomic mass is 79.9. The van der Waals surface area contributed by atoms with Crippen LogP contribution in [0.1, 0.15) is 35.6 Å². The number of hydrogen-bond donors (Lipinski definition) is 1. The molecule has 3 aromatic carbocycles. The number of carbonyl (C=O) groups is 1. The van der Waals surface area contributed by atoms with Gasteiger partial charge in [0.25, 0.3) is 5.91 Å². The molecule has 170 valence electrons. The number of benzene rings is 3. The lowest BCUT2D eigenvalue weighted by molar-refractivity contribution is 0.0937. The molecule has 1 N–H and O–H groups in total. The van der Waals surface area contributed by atoms with Gasteiger partial charge < -0.3 is 19.4 Å². The standard InChI is InChI=1S/C26H26BrN3O3/c1-18(28-26(31)19-9-7-10-20(27)17-19)25-29-21-11-3-4-12-22(21)30(25)15-8-16-33-24-14-6-5-13-23(24)32-2/h3-7,9-14,17-18H,8,15-16H2,1-2H3,(H,28,31). The topological polar surface area (TPSA) is 65.4 Å². The maximum absolute atomic E-state index is 12.8. The Hall–Kier alpha value is -3.32. The number of carbonyl (C=O) groups excluding carboxylic acids is 1. The molecule has 7 heteroatoms. The van der Waals surface area contributed by atoms with Gasteiger partial charge in [-0.05, 0) is 55.8 Å². The lowest BCUT2D eigenvalue weighted by Crippen LogP contribution is -2.28. The number of methoxy groups -OCH3 is 1. The van der Waals surface area contributed by atoms with Gasteiger partial charge in [0, 0.05) is 16.6 Å². The van der Waals surface area contributed by atoms with E-state index >= 15 is 0 Å². The third-order valence-electron chi connectivity index (χ3n) is 5.36. The highest BCUT2D eigenvalue weighted by molar-refractivity contribution is 9.10. The van der Waals surface area contributed by atoms with Crippen LogP contribution in [0, 0.1) is 0 Å². The lowest BCUT2D eigenvalue weighted by atomic mass is 10.2. The van der Waals surface area contributed by atoms with Gasteiger partial charge in [-0.3, -0.25) is 4.79 Å². The van der Waals surface area contributed by atoms with E-state index in [1.165, 1.54) is 0 Å². The van der Waals surface area contributed by atoms with E-state index in [0.717, 1.165) is 39.3 Å². The predicted octanol–water partition coefficient (Wildman–Crippen LogP) is 5.77. The molecule has 1 heterocycles. The molecule has 1 amide bonds. The highest BCUT2D eigenvalue weighted by Crippen LogP contribution is 2.26. The molecule has 1 unspecified atom stereocenters. The second-order valence-corrected chi connectivity index (χ2v) is 8.58. The number of hydrogen-bond acceptors (Lipinski definition) is 4. The van der Waals surface area contributed by atoms with Gasteiger partial charge in [0.1, 0.15) is 5.82 Å². The van der Waals surface area contributed by atoms with E-state index in [1.54, 1.807) is 19.2 Å². The van der Waals surface area contributed by atoms with Crippen LogP contribution in [0.15, 0.2) is 77.3 Å². The number of aromatic nitrogens is 2. The van der Waals surface area contributed by atoms with E-state index in [9.17, 15) is 4.79 Å². The van der Waals surface area contributed by atoms with Crippen molar-refractivity contribution in [1.29, 1.82) is 0 Å². The molecule has 1 aromatic heterocycles. The average molecular weight is 508 g/mol. The molecule has 1 atom stereocenters. The van der Waals surface area contributed by atoms with Gasteiger partial charge in [-0.25, -0.2) is 4.98 Å². The number of fused-ring (bicyclic) bond motifs is 1. The number of rotatable bonds is 9. The van der Waals surface area contributed by atoms with Crippen LogP contribution < -0.4 is 14.8 Å². The normalized spacial score (nSPS) is 11.8. The zero-order valence-corrected chi connectivity index (χ0v) is 20.2. The minimum absolute atomic E-state index is 0.137. The van der Waals surface area contributed by atoms with Crippen molar-refractivity contribution in [2.75, 3.05) is 13.7 Å². The Labute approximate surface area is 201 Å². The fourth-order valence-corrected chi connectivity index (χ4v) is 4.18. The molecule has 4 rings (SSSR count). The smallest absolute Gasteiger partial charge is 0.251 e. The number of imidazole rings is 1. The second-order valence-electron chi connectivity index (χ2n) is 7.67. The summed E-state index contributed by atoms with van der Waals surface area (Å²) in [6, 6.07) is 22.7. The Kier molecular flexibility index (Phi) is 7.29. The summed E-state index contributed by atoms with van der Waals surface area (Å²) in [5.41, 5.74) is 2.54. The monoisotopic (exact) mass is 507 g/mol. The number of ether oxygens (including phenoxy) is 2. The first-order valence-corrected chi connectivity index (χ1v) is 11.6. The number of amides is 1. The molecule has 4 aromatic rings. The predicted molar refractivity (Wildman–Crippen MR) is 133 cm³/mol.